The number of hydrogen-bond acceptors (Lipinski definition) is 5. The topological polar surface area (TPSA) is 108 Å². The summed E-state index contributed by atoms with van der Waals surface area (Å²) in [5.74, 6) is 0.170. The Balaban J connectivity index is 2.04. The van der Waals surface area contributed by atoms with Gasteiger partial charge < -0.3 is 10.1 Å². The Hall–Kier alpha value is -3.15. The molecule has 0 saturated carbocycles. The normalized spacial score (nSPS) is 11.8. The highest BCUT2D eigenvalue weighted by Gasteiger charge is 2.22. The first kappa shape index (κ1) is 22.1. The average molecular weight is 413 g/mol. The maximum Gasteiger partial charge on any atom is 0.248 e. The molecule has 29 heavy (non-hydrogen) atoms. The number of ether oxygens (including phenoxy) is 1. The molecule has 0 spiro atoms. The maximum absolute atomic E-state index is 12.4. The van der Waals surface area contributed by atoms with Crippen LogP contribution >= 0.6 is 0 Å². The molecular weight excluding hydrogens is 390 g/mol. The van der Waals surface area contributed by atoms with E-state index in [2.05, 4.69) is 10.0 Å². The lowest BCUT2D eigenvalue weighted by molar-refractivity contribution is -0.111. The highest BCUT2D eigenvalue weighted by molar-refractivity contribution is 7.89. The first-order valence-electron chi connectivity index (χ1n) is 8.82. The standard InChI is InChI=1S/C21H23N3O4S/c1-21(2,3)24-29(26,27)19-6-4-5-17(15-19)23-20(25)12-9-16-7-10-18(11-8-16)28-14-13-22/h4-12,15,24H,14H2,1-3H3,(H,23,25)/b12-9+. The number of sulfonamides is 1. The molecule has 0 bridgehead atoms. The zero-order valence-corrected chi connectivity index (χ0v) is 17.3. The minimum atomic E-state index is -3.69. The molecular formula is C21H23N3O4S. The largest absolute Gasteiger partial charge is 0.479 e. The van der Waals surface area contributed by atoms with E-state index in [0.29, 0.717) is 11.4 Å². The third-order valence-corrected chi connectivity index (χ3v) is 5.22. The van der Waals surface area contributed by atoms with Crippen LogP contribution in [0, 0.1) is 11.3 Å². The second-order valence-corrected chi connectivity index (χ2v) is 8.90. The molecule has 2 N–H and O–H groups in total. The summed E-state index contributed by atoms with van der Waals surface area (Å²) in [5, 5.41) is 11.1. The molecule has 0 aromatic heterocycles. The zero-order chi connectivity index (χ0) is 21.5. The van der Waals surface area contributed by atoms with Gasteiger partial charge in [0.15, 0.2) is 6.61 Å². The number of rotatable bonds is 7. The number of hydrogen-bond donors (Lipinski definition) is 2. The Morgan fingerprint density at radius 3 is 2.48 bits per heavy atom. The highest BCUT2D eigenvalue weighted by Crippen LogP contribution is 2.18. The molecule has 0 aliphatic rings. The summed E-state index contributed by atoms with van der Waals surface area (Å²) < 4.78 is 32.6. The third-order valence-electron chi connectivity index (χ3n) is 3.46. The van der Waals surface area contributed by atoms with Crippen LogP contribution in [0.15, 0.2) is 59.5 Å². The lowest BCUT2D eigenvalue weighted by Crippen LogP contribution is -2.40. The number of anilines is 1. The van der Waals surface area contributed by atoms with E-state index in [1.54, 1.807) is 63.2 Å². The summed E-state index contributed by atoms with van der Waals surface area (Å²) in [6.07, 6.45) is 2.96. The summed E-state index contributed by atoms with van der Waals surface area (Å²) in [6.45, 7) is 5.23. The van der Waals surface area contributed by atoms with E-state index in [-0.39, 0.29) is 11.5 Å². The molecule has 0 radical (unpaired) electrons. The van der Waals surface area contributed by atoms with E-state index in [0.717, 1.165) is 5.56 Å². The number of benzene rings is 2. The first-order valence-corrected chi connectivity index (χ1v) is 10.3. The van der Waals surface area contributed by atoms with Crippen molar-refractivity contribution >= 4 is 27.7 Å². The van der Waals surface area contributed by atoms with Crippen LogP contribution in [-0.2, 0) is 14.8 Å². The Kier molecular flexibility index (Phi) is 7.15. The second-order valence-electron chi connectivity index (χ2n) is 7.22. The van der Waals surface area contributed by atoms with E-state index in [1.165, 1.54) is 18.2 Å². The predicted molar refractivity (Wildman–Crippen MR) is 112 cm³/mol. The number of nitrogens with one attached hydrogen (secondary N) is 2. The first-order chi connectivity index (χ1) is 13.6. The molecule has 7 nitrogen and oxygen atoms in total. The molecule has 8 heteroatoms. The van der Waals surface area contributed by atoms with Gasteiger partial charge in [-0.1, -0.05) is 18.2 Å². The molecule has 0 unspecified atom stereocenters. The fraction of sp³-hybridized carbons (Fsp3) is 0.238. The van der Waals surface area contributed by atoms with Gasteiger partial charge in [-0.2, -0.15) is 5.26 Å². The van der Waals surface area contributed by atoms with Crippen LogP contribution in [0.2, 0.25) is 0 Å². The number of amides is 1. The Labute approximate surface area is 171 Å². The van der Waals surface area contributed by atoms with Gasteiger partial charge in [0.2, 0.25) is 15.9 Å². The molecule has 2 aromatic carbocycles. The minimum Gasteiger partial charge on any atom is -0.479 e. The van der Waals surface area contributed by atoms with Crippen molar-refractivity contribution in [3.63, 3.8) is 0 Å². The van der Waals surface area contributed by atoms with Crippen molar-refractivity contribution in [2.75, 3.05) is 11.9 Å². The van der Waals surface area contributed by atoms with Crippen molar-refractivity contribution in [3.8, 4) is 11.8 Å². The van der Waals surface area contributed by atoms with Crippen LogP contribution in [0.1, 0.15) is 26.3 Å². The van der Waals surface area contributed by atoms with Gasteiger partial charge in [-0.25, -0.2) is 13.1 Å². The van der Waals surface area contributed by atoms with E-state index in [4.69, 9.17) is 10.00 Å². The number of carbonyl (C=O) groups excluding carboxylic acids is 1. The van der Waals surface area contributed by atoms with Gasteiger partial charge in [-0.15, -0.1) is 0 Å². The van der Waals surface area contributed by atoms with Crippen molar-refractivity contribution in [2.24, 2.45) is 0 Å². The smallest absolute Gasteiger partial charge is 0.248 e. The Bertz CT molecular complexity index is 1030. The molecule has 2 rings (SSSR count). The summed E-state index contributed by atoms with van der Waals surface area (Å²) >= 11 is 0. The summed E-state index contributed by atoms with van der Waals surface area (Å²) in [5.41, 5.74) is 0.530. The molecule has 0 atom stereocenters. The molecule has 1 amide bonds. The van der Waals surface area contributed by atoms with Crippen LogP contribution in [0.25, 0.3) is 6.08 Å². The van der Waals surface area contributed by atoms with Crippen molar-refractivity contribution in [2.45, 2.75) is 31.2 Å². The van der Waals surface area contributed by atoms with E-state index >= 15 is 0 Å². The van der Waals surface area contributed by atoms with Gasteiger partial charge in [0.25, 0.3) is 0 Å². The van der Waals surface area contributed by atoms with Crippen LogP contribution in [0.5, 0.6) is 5.75 Å². The molecule has 0 aliphatic carbocycles. The number of nitrogens with zero attached hydrogens (tertiary/aromatic N) is 1. The summed E-state index contributed by atoms with van der Waals surface area (Å²) in [7, 11) is -3.69. The van der Waals surface area contributed by atoms with Crippen molar-refractivity contribution in [1.82, 2.24) is 4.72 Å². The maximum atomic E-state index is 12.4. The Morgan fingerprint density at radius 1 is 1.17 bits per heavy atom. The predicted octanol–water partition coefficient (Wildman–Crippen LogP) is 3.32. The van der Waals surface area contributed by atoms with Crippen molar-refractivity contribution in [1.29, 1.82) is 5.26 Å². The zero-order valence-electron chi connectivity index (χ0n) is 16.5. The lowest BCUT2D eigenvalue weighted by atomic mass is 10.1. The van der Waals surface area contributed by atoms with E-state index in [1.807, 2.05) is 6.07 Å². The molecule has 152 valence electrons. The summed E-state index contributed by atoms with van der Waals surface area (Å²) in [6, 6.07) is 14.8. The SMILES string of the molecule is CC(C)(C)NS(=O)(=O)c1cccc(NC(=O)/C=C/c2ccc(OCC#N)cc2)c1. The van der Waals surface area contributed by atoms with Crippen molar-refractivity contribution < 1.29 is 17.9 Å². The molecule has 2 aromatic rings. The van der Waals surface area contributed by atoms with Crippen LogP contribution in [-0.4, -0.2) is 26.5 Å². The van der Waals surface area contributed by atoms with Crippen LogP contribution in [0.4, 0.5) is 5.69 Å². The lowest BCUT2D eigenvalue weighted by Gasteiger charge is -2.20. The van der Waals surface area contributed by atoms with Gasteiger partial charge in [0.05, 0.1) is 4.90 Å². The highest BCUT2D eigenvalue weighted by atomic mass is 32.2. The molecule has 0 heterocycles. The van der Waals surface area contributed by atoms with Gasteiger partial charge in [-0.3, -0.25) is 4.79 Å². The minimum absolute atomic E-state index is 0.0301. The van der Waals surface area contributed by atoms with Crippen molar-refractivity contribution in [3.05, 3.63) is 60.2 Å². The quantitative estimate of drug-likeness (QED) is 0.677. The van der Waals surface area contributed by atoms with Gasteiger partial charge >= 0.3 is 0 Å². The number of nitriles is 1. The molecule has 0 aliphatic heterocycles. The van der Waals surface area contributed by atoms with Gasteiger partial charge in [0.1, 0.15) is 11.8 Å². The fourth-order valence-corrected chi connectivity index (χ4v) is 3.81. The Morgan fingerprint density at radius 2 is 1.86 bits per heavy atom. The summed E-state index contributed by atoms with van der Waals surface area (Å²) in [4.78, 5) is 12.2. The van der Waals surface area contributed by atoms with Gasteiger partial charge in [-0.05, 0) is 62.7 Å². The van der Waals surface area contributed by atoms with E-state index in [9.17, 15) is 13.2 Å². The fourth-order valence-electron chi connectivity index (χ4n) is 2.35. The van der Waals surface area contributed by atoms with E-state index < -0.39 is 21.5 Å². The van der Waals surface area contributed by atoms with Gasteiger partial charge in [0, 0.05) is 17.3 Å². The van der Waals surface area contributed by atoms with Crippen LogP contribution < -0.4 is 14.8 Å². The molecule has 0 saturated heterocycles. The second kappa shape index (κ2) is 9.37. The molecule has 0 fully saturated rings. The average Bonchev–Trinajstić information content (AvgIpc) is 2.64. The number of carbonyl (C=O) groups is 1. The third kappa shape index (κ3) is 7.41. The monoisotopic (exact) mass is 413 g/mol. The van der Waals surface area contributed by atoms with Crippen LogP contribution in [0.3, 0.4) is 0 Å².